The molecule has 0 radical (unpaired) electrons. The molecule has 0 aliphatic heterocycles. The predicted octanol–water partition coefficient (Wildman–Crippen LogP) is 2.24. The minimum Gasteiger partial charge on any atom is -0.508 e. The molecule has 0 spiro atoms. The molecule has 1 aromatic heterocycles. The van der Waals surface area contributed by atoms with Crippen LogP contribution in [-0.4, -0.2) is 5.11 Å². The van der Waals surface area contributed by atoms with Crippen molar-refractivity contribution < 1.29 is 9.52 Å². The molecule has 72 valence electrons. The van der Waals surface area contributed by atoms with Crippen LogP contribution < -0.4 is 5.43 Å². The van der Waals surface area contributed by atoms with E-state index in [1.807, 2.05) is 0 Å². The fourth-order valence-electron chi connectivity index (χ4n) is 1.26. The van der Waals surface area contributed by atoms with Crippen LogP contribution >= 0.6 is 11.6 Å². The molecule has 0 aliphatic carbocycles. The first-order valence-electron chi connectivity index (χ1n) is 4.02. The summed E-state index contributed by atoms with van der Waals surface area (Å²) in [5, 5.41) is 9.63. The summed E-state index contributed by atoms with van der Waals surface area (Å²) in [6, 6.07) is 5.72. The molecule has 0 saturated carbocycles. The molecule has 14 heavy (non-hydrogen) atoms. The van der Waals surface area contributed by atoms with Crippen LogP contribution in [0.2, 0.25) is 0 Å². The molecule has 0 unspecified atom stereocenters. The largest absolute Gasteiger partial charge is 0.508 e. The van der Waals surface area contributed by atoms with Crippen LogP contribution in [0.15, 0.2) is 33.5 Å². The van der Waals surface area contributed by atoms with Crippen LogP contribution in [0.4, 0.5) is 0 Å². The highest BCUT2D eigenvalue weighted by atomic mass is 35.5. The molecule has 0 aliphatic rings. The highest BCUT2D eigenvalue weighted by molar-refractivity contribution is 6.16. The molecule has 1 N–H and O–H groups in total. The fraction of sp³-hybridized carbons (Fsp3) is 0.100. The Hall–Kier alpha value is -1.48. The Kier molecular flexibility index (Phi) is 2.17. The zero-order valence-corrected chi connectivity index (χ0v) is 7.91. The summed E-state index contributed by atoms with van der Waals surface area (Å²) in [4.78, 5) is 11.5. The van der Waals surface area contributed by atoms with Crippen LogP contribution in [0.1, 0.15) is 5.76 Å². The number of rotatable bonds is 1. The number of fused-ring (bicyclic) bond motifs is 1. The minimum atomic E-state index is -0.151. The lowest BCUT2D eigenvalue weighted by molar-refractivity contribution is 0.473. The Morgan fingerprint density at radius 2 is 2.14 bits per heavy atom. The van der Waals surface area contributed by atoms with Gasteiger partial charge in [-0.3, -0.25) is 4.79 Å². The molecule has 1 aromatic carbocycles. The van der Waals surface area contributed by atoms with E-state index in [1.165, 1.54) is 24.3 Å². The molecule has 2 rings (SSSR count). The first kappa shape index (κ1) is 9.09. The highest BCUT2D eigenvalue weighted by Crippen LogP contribution is 2.18. The van der Waals surface area contributed by atoms with Crippen molar-refractivity contribution in [1.82, 2.24) is 0 Å². The van der Waals surface area contributed by atoms with Crippen molar-refractivity contribution in [3.8, 4) is 5.75 Å². The first-order chi connectivity index (χ1) is 6.70. The summed E-state index contributed by atoms with van der Waals surface area (Å²) < 4.78 is 5.28. The number of alkyl halides is 1. The molecule has 2 aromatic rings. The molecule has 3 nitrogen and oxygen atoms in total. The van der Waals surface area contributed by atoms with Crippen LogP contribution in [0.25, 0.3) is 11.0 Å². The van der Waals surface area contributed by atoms with Gasteiger partial charge < -0.3 is 9.52 Å². The normalized spacial score (nSPS) is 10.6. The maximum absolute atomic E-state index is 11.5. The second-order valence-electron chi connectivity index (χ2n) is 2.89. The number of benzene rings is 1. The molecule has 0 bridgehead atoms. The Bertz CT molecular complexity index is 530. The van der Waals surface area contributed by atoms with E-state index in [9.17, 15) is 9.90 Å². The van der Waals surface area contributed by atoms with E-state index in [-0.39, 0.29) is 17.1 Å². The molecule has 1 heterocycles. The van der Waals surface area contributed by atoms with Crippen LogP contribution in [0.5, 0.6) is 5.75 Å². The average Bonchev–Trinajstić information content (AvgIpc) is 2.16. The van der Waals surface area contributed by atoms with E-state index in [2.05, 4.69) is 0 Å². The Labute approximate surface area is 84.5 Å². The van der Waals surface area contributed by atoms with Gasteiger partial charge in [-0.1, -0.05) is 0 Å². The van der Waals surface area contributed by atoms with E-state index in [0.29, 0.717) is 16.7 Å². The van der Waals surface area contributed by atoms with E-state index in [0.717, 1.165) is 0 Å². The van der Waals surface area contributed by atoms with Gasteiger partial charge in [-0.25, -0.2) is 0 Å². The van der Waals surface area contributed by atoms with Crippen molar-refractivity contribution in [2.45, 2.75) is 5.88 Å². The summed E-state index contributed by atoms with van der Waals surface area (Å²) in [5.74, 6) is 0.600. The van der Waals surface area contributed by atoms with Gasteiger partial charge in [0.15, 0.2) is 5.43 Å². The fourth-order valence-corrected chi connectivity index (χ4v) is 1.39. The smallest absolute Gasteiger partial charge is 0.192 e. The van der Waals surface area contributed by atoms with Gasteiger partial charge in [0.2, 0.25) is 0 Å². The number of phenols is 1. The van der Waals surface area contributed by atoms with Gasteiger partial charge in [-0.05, 0) is 12.1 Å². The lowest BCUT2D eigenvalue weighted by atomic mass is 10.2. The third-order valence-corrected chi connectivity index (χ3v) is 2.16. The Balaban J connectivity index is 2.84. The number of phenolic OH excluding ortho intramolecular Hbond substituents is 1. The maximum atomic E-state index is 11.5. The lowest BCUT2D eigenvalue weighted by Gasteiger charge is -1.99. The van der Waals surface area contributed by atoms with E-state index in [4.69, 9.17) is 16.0 Å². The summed E-state index contributed by atoms with van der Waals surface area (Å²) in [6.45, 7) is 0. The van der Waals surface area contributed by atoms with Gasteiger partial charge in [-0.15, -0.1) is 11.6 Å². The van der Waals surface area contributed by atoms with Crippen LogP contribution in [0.3, 0.4) is 0 Å². The first-order valence-corrected chi connectivity index (χ1v) is 4.56. The van der Waals surface area contributed by atoms with E-state index < -0.39 is 0 Å². The number of hydrogen-bond acceptors (Lipinski definition) is 3. The number of aromatic hydroxyl groups is 1. The molecule has 0 saturated heterocycles. The van der Waals surface area contributed by atoms with Gasteiger partial charge in [0.05, 0.1) is 11.3 Å². The van der Waals surface area contributed by atoms with Crippen LogP contribution in [0, 0.1) is 0 Å². The molecule has 4 heteroatoms. The van der Waals surface area contributed by atoms with Crippen LogP contribution in [-0.2, 0) is 5.88 Å². The zero-order valence-electron chi connectivity index (χ0n) is 7.16. The van der Waals surface area contributed by atoms with Crippen molar-refractivity contribution in [2.24, 2.45) is 0 Å². The summed E-state index contributed by atoms with van der Waals surface area (Å²) >= 11 is 5.54. The predicted molar refractivity (Wildman–Crippen MR) is 53.7 cm³/mol. The zero-order chi connectivity index (χ0) is 10.1. The number of hydrogen-bond donors (Lipinski definition) is 1. The molecule has 0 atom stereocenters. The van der Waals surface area contributed by atoms with Gasteiger partial charge in [0.1, 0.15) is 17.1 Å². The summed E-state index contributed by atoms with van der Waals surface area (Å²) in [6.07, 6.45) is 0. The highest BCUT2D eigenvalue weighted by Gasteiger charge is 2.04. The second kappa shape index (κ2) is 3.35. The van der Waals surface area contributed by atoms with Crippen molar-refractivity contribution in [3.05, 3.63) is 40.2 Å². The van der Waals surface area contributed by atoms with E-state index >= 15 is 0 Å². The van der Waals surface area contributed by atoms with Gasteiger partial charge >= 0.3 is 0 Å². The summed E-state index contributed by atoms with van der Waals surface area (Å²) in [7, 11) is 0. The number of halogens is 1. The average molecular weight is 211 g/mol. The third-order valence-electron chi connectivity index (χ3n) is 1.90. The topological polar surface area (TPSA) is 50.4 Å². The minimum absolute atomic E-state index is 0.0624. The van der Waals surface area contributed by atoms with E-state index in [1.54, 1.807) is 0 Å². The van der Waals surface area contributed by atoms with Crippen molar-refractivity contribution in [3.63, 3.8) is 0 Å². The van der Waals surface area contributed by atoms with Crippen molar-refractivity contribution in [2.75, 3.05) is 0 Å². The SMILES string of the molecule is O=c1cc(CCl)oc2cc(O)ccc12. The van der Waals surface area contributed by atoms with Crippen molar-refractivity contribution >= 4 is 22.6 Å². The third kappa shape index (κ3) is 1.46. The molecular weight excluding hydrogens is 204 g/mol. The molecular formula is C10H7ClO3. The van der Waals surface area contributed by atoms with Gasteiger partial charge in [-0.2, -0.15) is 0 Å². The quantitative estimate of drug-likeness (QED) is 0.735. The summed E-state index contributed by atoms with van der Waals surface area (Å²) in [5.41, 5.74) is 0.204. The van der Waals surface area contributed by atoms with Gasteiger partial charge in [0.25, 0.3) is 0 Å². The second-order valence-corrected chi connectivity index (χ2v) is 3.16. The van der Waals surface area contributed by atoms with Gasteiger partial charge in [0, 0.05) is 12.1 Å². The maximum Gasteiger partial charge on any atom is 0.192 e. The Morgan fingerprint density at radius 3 is 2.86 bits per heavy atom. The van der Waals surface area contributed by atoms with Crippen molar-refractivity contribution in [1.29, 1.82) is 0 Å². The molecule has 0 amide bonds. The standard InChI is InChI=1S/C10H7ClO3/c11-5-7-4-9(13)8-2-1-6(12)3-10(8)14-7/h1-4,12H,5H2. The monoisotopic (exact) mass is 210 g/mol. The Morgan fingerprint density at radius 1 is 1.36 bits per heavy atom. The molecule has 0 fully saturated rings. The lowest BCUT2D eigenvalue weighted by Crippen LogP contribution is -2.00.